The molecule has 0 saturated carbocycles. The van der Waals surface area contributed by atoms with Crippen LogP contribution in [0.1, 0.15) is 19.4 Å². The van der Waals surface area contributed by atoms with Gasteiger partial charge in [0.05, 0.1) is 12.2 Å². The van der Waals surface area contributed by atoms with E-state index in [0.717, 1.165) is 0 Å². The van der Waals surface area contributed by atoms with Gasteiger partial charge in [-0.15, -0.1) is 0 Å². The van der Waals surface area contributed by atoms with E-state index in [-0.39, 0.29) is 29.2 Å². The van der Waals surface area contributed by atoms with Gasteiger partial charge in [0, 0.05) is 18.3 Å². The summed E-state index contributed by atoms with van der Waals surface area (Å²) < 4.78 is 4.95. The molecule has 0 spiro atoms. The molecule has 5 heteroatoms. The number of phenolic OH excluding ortho intramolecular Hbond substituents is 2. The topological polar surface area (TPSA) is 78.8 Å². The van der Waals surface area contributed by atoms with E-state index in [4.69, 9.17) is 4.74 Å². The molecule has 98 valence electrons. The Bertz CT molecular complexity index is 480. The van der Waals surface area contributed by atoms with E-state index in [0.29, 0.717) is 5.70 Å². The Morgan fingerprint density at radius 2 is 2.06 bits per heavy atom. The third-order valence-electron chi connectivity index (χ3n) is 2.48. The number of esters is 1. The first-order valence-corrected chi connectivity index (χ1v) is 5.59. The van der Waals surface area contributed by atoms with Gasteiger partial charge in [0.25, 0.3) is 0 Å². The standard InChI is InChI=1S/C13H17NO4/c1-4-18-13(17)12(8(2)14-3)10-7-9(15)5-6-11(10)16/h5-7,14-16H,4H2,1-3H3/b12-8-. The highest BCUT2D eigenvalue weighted by molar-refractivity contribution is 6.18. The van der Waals surface area contributed by atoms with Crippen LogP contribution in [0.4, 0.5) is 0 Å². The molecule has 0 unspecified atom stereocenters. The van der Waals surface area contributed by atoms with E-state index in [9.17, 15) is 15.0 Å². The van der Waals surface area contributed by atoms with Gasteiger partial charge in [-0.05, 0) is 32.0 Å². The van der Waals surface area contributed by atoms with Crippen LogP contribution >= 0.6 is 0 Å². The Morgan fingerprint density at radius 1 is 1.39 bits per heavy atom. The van der Waals surface area contributed by atoms with Crippen LogP contribution < -0.4 is 5.32 Å². The van der Waals surface area contributed by atoms with Gasteiger partial charge >= 0.3 is 5.97 Å². The number of carbonyl (C=O) groups excluding carboxylic acids is 1. The normalized spacial score (nSPS) is 11.7. The van der Waals surface area contributed by atoms with E-state index < -0.39 is 5.97 Å². The molecular formula is C13H17NO4. The summed E-state index contributed by atoms with van der Waals surface area (Å²) in [4.78, 5) is 11.9. The molecule has 0 atom stereocenters. The highest BCUT2D eigenvalue weighted by atomic mass is 16.5. The second-order valence-electron chi connectivity index (χ2n) is 3.67. The van der Waals surface area contributed by atoms with Crippen molar-refractivity contribution >= 4 is 11.5 Å². The van der Waals surface area contributed by atoms with Gasteiger partial charge < -0.3 is 20.3 Å². The zero-order valence-corrected chi connectivity index (χ0v) is 10.7. The second-order valence-corrected chi connectivity index (χ2v) is 3.67. The van der Waals surface area contributed by atoms with Crippen LogP contribution in [-0.2, 0) is 9.53 Å². The van der Waals surface area contributed by atoms with Crippen LogP contribution in [0.5, 0.6) is 11.5 Å². The zero-order chi connectivity index (χ0) is 13.7. The van der Waals surface area contributed by atoms with E-state index in [1.165, 1.54) is 18.2 Å². The van der Waals surface area contributed by atoms with E-state index in [1.807, 2.05) is 0 Å². The molecule has 0 aliphatic rings. The first kappa shape index (κ1) is 13.9. The fourth-order valence-electron chi connectivity index (χ4n) is 1.52. The van der Waals surface area contributed by atoms with Gasteiger partial charge in [0.1, 0.15) is 11.5 Å². The number of hydrogen-bond donors (Lipinski definition) is 3. The molecule has 0 radical (unpaired) electrons. The Balaban J connectivity index is 3.36. The summed E-state index contributed by atoms with van der Waals surface area (Å²) in [5.41, 5.74) is 0.988. The van der Waals surface area contributed by atoms with Crippen LogP contribution in [0.25, 0.3) is 5.57 Å². The van der Waals surface area contributed by atoms with Crippen LogP contribution in [0.2, 0.25) is 0 Å². The Labute approximate surface area is 106 Å². The maximum Gasteiger partial charge on any atom is 0.340 e. The third kappa shape index (κ3) is 2.94. The lowest BCUT2D eigenvalue weighted by molar-refractivity contribution is -0.136. The first-order chi connectivity index (χ1) is 8.51. The van der Waals surface area contributed by atoms with Gasteiger partial charge in [-0.25, -0.2) is 4.79 Å². The fourth-order valence-corrected chi connectivity index (χ4v) is 1.52. The number of allylic oxidation sites excluding steroid dienone is 1. The second kappa shape index (κ2) is 5.95. The highest BCUT2D eigenvalue weighted by Crippen LogP contribution is 2.30. The van der Waals surface area contributed by atoms with Crippen molar-refractivity contribution < 1.29 is 19.7 Å². The number of ether oxygens (including phenoxy) is 1. The maximum atomic E-state index is 11.9. The average Bonchev–Trinajstić information content (AvgIpc) is 2.34. The highest BCUT2D eigenvalue weighted by Gasteiger charge is 2.20. The molecule has 1 aromatic rings. The predicted molar refractivity (Wildman–Crippen MR) is 68.1 cm³/mol. The number of hydrogen-bond acceptors (Lipinski definition) is 5. The third-order valence-corrected chi connectivity index (χ3v) is 2.48. The molecule has 0 heterocycles. The maximum absolute atomic E-state index is 11.9. The molecule has 0 aliphatic carbocycles. The number of nitrogens with one attached hydrogen (secondary N) is 1. The van der Waals surface area contributed by atoms with Crippen molar-refractivity contribution in [3.8, 4) is 11.5 Å². The van der Waals surface area contributed by atoms with Gasteiger partial charge in [-0.3, -0.25) is 0 Å². The van der Waals surface area contributed by atoms with Crippen molar-refractivity contribution in [1.29, 1.82) is 0 Å². The van der Waals surface area contributed by atoms with Crippen molar-refractivity contribution in [3.05, 3.63) is 29.5 Å². The minimum Gasteiger partial charge on any atom is -0.508 e. The van der Waals surface area contributed by atoms with Gasteiger partial charge in [-0.1, -0.05) is 0 Å². The Hall–Kier alpha value is -2.17. The van der Waals surface area contributed by atoms with Crippen LogP contribution in [0.15, 0.2) is 23.9 Å². The molecule has 0 saturated heterocycles. The van der Waals surface area contributed by atoms with Crippen LogP contribution in [0, 0.1) is 0 Å². The summed E-state index contributed by atoms with van der Waals surface area (Å²) in [6, 6.07) is 3.99. The smallest absolute Gasteiger partial charge is 0.340 e. The molecule has 0 fully saturated rings. The lowest BCUT2D eigenvalue weighted by Gasteiger charge is -2.13. The lowest BCUT2D eigenvalue weighted by Crippen LogP contribution is -2.14. The molecule has 18 heavy (non-hydrogen) atoms. The van der Waals surface area contributed by atoms with Gasteiger partial charge in [-0.2, -0.15) is 0 Å². The van der Waals surface area contributed by atoms with Gasteiger partial charge in [0.15, 0.2) is 0 Å². The lowest BCUT2D eigenvalue weighted by atomic mass is 10.0. The summed E-state index contributed by atoms with van der Waals surface area (Å²) in [6.07, 6.45) is 0. The van der Waals surface area contributed by atoms with Crippen molar-refractivity contribution in [2.75, 3.05) is 13.7 Å². The molecule has 5 nitrogen and oxygen atoms in total. The largest absolute Gasteiger partial charge is 0.508 e. The van der Waals surface area contributed by atoms with E-state index in [1.54, 1.807) is 20.9 Å². The van der Waals surface area contributed by atoms with Crippen molar-refractivity contribution in [1.82, 2.24) is 5.32 Å². The number of benzene rings is 1. The molecular weight excluding hydrogens is 234 g/mol. The average molecular weight is 251 g/mol. The van der Waals surface area contributed by atoms with E-state index >= 15 is 0 Å². The molecule has 1 rings (SSSR count). The van der Waals surface area contributed by atoms with Gasteiger partial charge in [0.2, 0.25) is 0 Å². The summed E-state index contributed by atoms with van der Waals surface area (Å²) >= 11 is 0. The Morgan fingerprint density at radius 3 is 2.61 bits per heavy atom. The van der Waals surface area contributed by atoms with Crippen LogP contribution in [-0.4, -0.2) is 29.8 Å². The van der Waals surface area contributed by atoms with Crippen molar-refractivity contribution in [2.45, 2.75) is 13.8 Å². The number of carbonyl (C=O) groups is 1. The number of rotatable bonds is 4. The Kier molecular flexibility index (Phi) is 4.59. The molecule has 1 aromatic carbocycles. The number of phenols is 2. The van der Waals surface area contributed by atoms with Crippen molar-refractivity contribution in [2.24, 2.45) is 0 Å². The summed E-state index contributed by atoms with van der Waals surface area (Å²) in [6.45, 7) is 3.63. The number of aromatic hydroxyl groups is 2. The predicted octanol–water partition coefficient (Wildman–Crippen LogP) is 1.61. The quantitative estimate of drug-likeness (QED) is 0.430. The first-order valence-electron chi connectivity index (χ1n) is 5.59. The molecule has 3 N–H and O–H groups in total. The summed E-state index contributed by atoms with van der Waals surface area (Å²) in [5.74, 6) is -0.677. The fraction of sp³-hybridized carbons (Fsp3) is 0.308. The monoisotopic (exact) mass is 251 g/mol. The summed E-state index contributed by atoms with van der Waals surface area (Å²) in [7, 11) is 1.66. The molecule has 0 aromatic heterocycles. The molecule has 0 amide bonds. The summed E-state index contributed by atoms with van der Waals surface area (Å²) in [5, 5.41) is 22.1. The minimum atomic E-state index is -0.551. The minimum absolute atomic E-state index is 0.0338. The molecule has 0 aliphatic heterocycles. The molecule has 0 bridgehead atoms. The SMILES string of the molecule is CCOC(=O)/C(=C(/C)NC)c1cc(O)ccc1O. The van der Waals surface area contributed by atoms with Crippen LogP contribution in [0.3, 0.4) is 0 Å². The van der Waals surface area contributed by atoms with Crippen molar-refractivity contribution in [3.63, 3.8) is 0 Å². The van der Waals surface area contributed by atoms with E-state index in [2.05, 4.69) is 5.32 Å². The zero-order valence-electron chi connectivity index (χ0n) is 10.7.